The molecule has 4 nitrogen and oxygen atoms in total. The van der Waals surface area contributed by atoms with Gasteiger partial charge in [-0.2, -0.15) is 17.9 Å². The minimum atomic E-state index is -4.51. The summed E-state index contributed by atoms with van der Waals surface area (Å²) in [6, 6.07) is 6.77. The quantitative estimate of drug-likeness (QED) is 0.613. The number of benzene rings is 2. The van der Waals surface area contributed by atoms with Crippen molar-refractivity contribution in [2.45, 2.75) is 11.1 Å². The van der Waals surface area contributed by atoms with E-state index >= 15 is 0 Å². The van der Waals surface area contributed by atoms with Crippen LogP contribution in [0.3, 0.4) is 0 Å². The topological polar surface area (TPSA) is 55.4 Å². The average molecular weight is 405 g/mol. The maximum absolute atomic E-state index is 13.5. The van der Waals surface area contributed by atoms with E-state index in [1.54, 1.807) is 0 Å². The number of halogens is 5. The Labute approximate surface area is 152 Å². The molecule has 0 amide bonds. The fraction of sp³-hybridized carbons (Fsp3) is 0.176. The van der Waals surface area contributed by atoms with Crippen LogP contribution in [0.5, 0.6) is 5.75 Å². The fourth-order valence-corrected chi connectivity index (χ4v) is 2.99. The van der Waals surface area contributed by atoms with Crippen LogP contribution in [0.25, 0.3) is 0 Å². The van der Waals surface area contributed by atoms with Crippen molar-refractivity contribution in [1.29, 1.82) is 0 Å². The molecule has 0 aliphatic rings. The van der Waals surface area contributed by atoms with Crippen molar-refractivity contribution >= 4 is 10.0 Å². The van der Waals surface area contributed by atoms with Gasteiger partial charge in [0.25, 0.3) is 0 Å². The van der Waals surface area contributed by atoms with Crippen molar-refractivity contribution in [2.75, 3.05) is 13.2 Å². The van der Waals surface area contributed by atoms with Gasteiger partial charge in [-0.3, -0.25) is 0 Å². The maximum atomic E-state index is 13.5. The number of sulfonamides is 1. The molecule has 2 rings (SSSR count). The van der Waals surface area contributed by atoms with Crippen molar-refractivity contribution in [1.82, 2.24) is 4.72 Å². The van der Waals surface area contributed by atoms with Crippen LogP contribution in [0.15, 0.2) is 47.4 Å². The van der Waals surface area contributed by atoms with Crippen molar-refractivity contribution < 1.29 is 35.1 Å². The molecule has 0 heterocycles. The predicted molar refractivity (Wildman–Crippen MR) is 86.3 cm³/mol. The van der Waals surface area contributed by atoms with Gasteiger partial charge in [0.1, 0.15) is 24.0 Å². The highest BCUT2D eigenvalue weighted by atomic mass is 32.2. The summed E-state index contributed by atoms with van der Waals surface area (Å²) >= 11 is 0. The van der Waals surface area contributed by atoms with Gasteiger partial charge in [-0.1, -0.05) is 24.0 Å². The van der Waals surface area contributed by atoms with E-state index in [1.807, 2.05) is 4.72 Å². The first-order chi connectivity index (χ1) is 12.6. The van der Waals surface area contributed by atoms with Crippen LogP contribution in [0.4, 0.5) is 22.0 Å². The third kappa shape index (κ3) is 5.67. The summed E-state index contributed by atoms with van der Waals surface area (Å²) < 4.78 is 95.3. The maximum Gasteiger partial charge on any atom is 0.416 e. The van der Waals surface area contributed by atoms with Crippen molar-refractivity contribution in [2.24, 2.45) is 0 Å². The third-order valence-corrected chi connectivity index (χ3v) is 4.59. The molecule has 0 aliphatic carbocycles. The smallest absolute Gasteiger partial charge is 0.416 e. The van der Waals surface area contributed by atoms with E-state index < -0.39 is 44.8 Å². The summed E-state index contributed by atoms with van der Waals surface area (Å²) in [6.07, 6.45) is -4.51. The highest BCUT2D eigenvalue weighted by Crippen LogP contribution is 2.31. The summed E-state index contributed by atoms with van der Waals surface area (Å²) in [4.78, 5) is -1.12. The van der Waals surface area contributed by atoms with Gasteiger partial charge in [0, 0.05) is 0 Å². The minimum absolute atomic E-state index is 0.0619. The molecule has 0 unspecified atom stereocenters. The van der Waals surface area contributed by atoms with Gasteiger partial charge >= 0.3 is 6.18 Å². The Kier molecular flexibility index (Phi) is 6.41. The molecule has 0 spiro atoms. The molecule has 0 saturated carbocycles. The van der Waals surface area contributed by atoms with Crippen LogP contribution in [-0.4, -0.2) is 21.6 Å². The highest BCUT2D eigenvalue weighted by molar-refractivity contribution is 7.89. The van der Waals surface area contributed by atoms with Gasteiger partial charge in [0.15, 0.2) is 4.90 Å². The van der Waals surface area contributed by atoms with Crippen molar-refractivity contribution in [3.63, 3.8) is 0 Å². The lowest BCUT2D eigenvalue weighted by Crippen LogP contribution is -2.26. The first-order valence-electron chi connectivity index (χ1n) is 7.31. The van der Waals surface area contributed by atoms with Gasteiger partial charge in [0.2, 0.25) is 10.0 Å². The highest BCUT2D eigenvalue weighted by Gasteiger charge is 2.30. The Morgan fingerprint density at radius 3 is 2.26 bits per heavy atom. The molecule has 0 fully saturated rings. The summed E-state index contributed by atoms with van der Waals surface area (Å²) in [6.45, 7) is -0.779. The molecule has 2 aromatic rings. The molecule has 10 heteroatoms. The molecule has 0 aromatic heterocycles. The molecule has 27 heavy (non-hydrogen) atoms. The Bertz CT molecular complexity index is 958. The second-order valence-corrected chi connectivity index (χ2v) is 6.75. The second kappa shape index (κ2) is 8.37. The second-order valence-electron chi connectivity index (χ2n) is 5.04. The molecule has 0 bridgehead atoms. The summed E-state index contributed by atoms with van der Waals surface area (Å²) in [5.74, 6) is 2.15. The van der Waals surface area contributed by atoms with E-state index in [0.717, 1.165) is 30.3 Å². The number of alkyl halides is 3. The summed E-state index contributed by atoms with van der Waals surface area (Å²) in [5.41, 5.74) is -0.882. The zero-order valence-corrected chi connectivity index (χ0v) is 14.3. The SMILES string of the molecule is O=S(=O)(NCC#CCOc1cccc(C(F)(F)F)c1)c1c(F)cccc1F. The van der Waals surface area contributed by atoms with Crippen molar-refractivity contribution in [3.05, 3.63) is 59.7 Å². The molecule has 1 N–H and O–H groups in total. The van der Waals surface area contributed by atoms with Gasteiger partial charge < -0.3 is 4.74 Å². The standard InChI is InChI=1S/C17H12F5NO3S/c18-14-7-4-8-15(19)16(14)27(24,25)23-9-1-2-10-26-13-6-3-5-12(11-13)17(20,21)22/h3-8,11,23H,9-10H2. The number of hydrogen-bond acceptors (Lipinski definition) is 3. The normalized spacial score (nSPS) is 11.6. The van der Waals surface area contributed by atoms with E-state index in [-0.39, 0.29) is 12.4 Å². The number of nitrogens with one attached hydrogen (secondary N) is 1. The average Bonchev–Trinajstić information content (AvgIpc) is 2.57. The van der Waals surface area contributed by atoms with Crippen LogP contribution in [0, 0.1) is 23.5 Å². The molecule has 144 valence electrons. The van der Waals surface area contributed by atoms with Crippen LogP contribution < -0.4 is 9.46 Å². The molecule has 2 aromatic carbocycles. The Morgan fingerprint density at radius 2 is 1.63 bits per heavy atom. The van der Waals surface area contributed by atoms with Gasteiger partial charge in [-0.25, -0.2) is 17.2 Å². The Balaban J connectivity index is 1.92. The van der Waals surface area contributed by atoms with E-state index in [2.05, 4.69) is 11.8 Å². The monoisotopic (exact) mass is 405 g/mol. The van der Waals surface area contributed by atoms with Gasteiger partial charge in [0.05, 0.1) is 12.1 Å². The number of hydrogen-bond donors (Lipinski definition) is 1. The van der Waals surface area contributed by atoms with E-state index in [0.29, 0.717) is 0 Å². The molecule has 0 aliphatic heterocycles. The summed E-state index contributed by atoms with van der Waals surface area (Å²) in [5, 5.41) is 0. The lowest BCUT2D eigenvalue weighted by molar-refractivity contribution is -0.137. The summed E-state index contributed by atoms with van der Waals surface area (Å²) in [7, 11) is -4.45. The molecule has 0 atom stereocenters. The fourth-order valence-electron chi connectivity index (χ4n) is 1.94. The third-order valence-electron chi connectivity index (χ3n) is 3.14. The Morgan fingerprint density at radius 1 is 1.00 bits per heavy atom. The van der Waals surface area contributed by atoms with E-state index in [9.17, 15) is 30.4 Å². The number of rotatable bonds is 5. The zero-order valence-electron chi connectivity index (χ0n) is 13.5. The predicted octanol–water partition coefficient (Wildman–Crippen LogP) is 3.34. The zero-order chi connectivity index (χ0) is 20.1. The minimum Gasteiger partial charge on any atom is -0.481 e. The van der Waals surface area contributed by atoms with Crippen LogP contribution in [-0.2, 0) is 16.2 Å². The van der Waals surface area contributed by atoms with E-state index in [1.165, 1.54) is 12.1 Å². The van der Waals surface area contributed by atoms with Crippen LogP contribution >= 0.6 is 0 Å². The molecular weight excluding hydrogens is 393 g/mol. The largest absolute Gasteiger partial charge is 0.481 e. The van der Waals surface area contributed by atoms with E-state index in [4.69, 9.17) is 4.74 Å². The molecular formula is C17H12F5NO3S. The van der Waals surface area contributed by atoms with Crippen molar-refractivity contribution in [3.8, 4) is 17.6 Å². The Hall–Kier alpha value is -2.64. The molecule has 0 saturated heterocycles. The number of ether oxygens (including phenoxy) is 1. The lowest BCUT2D eigenvalue weighted by Gasteiger charge is -2.08. The van der Waals surface area contributed by atoms with Crippen LogP contribution in [0.2, 0.25) is 0 Å². The van der Waals surface area contributed by atoms with Gasteiger partial charge in [-0.05, 0) is 30.3 Å². The van der Waals surface area contributed by atoms with Gasteiger partial charge in [-0.15, -0.1) is 0 Å². The lowest BCUT2D eigenvalue weighted by atomic mass is 10.2. The molecule has 0 radical (unpaired) electrons. The van der Waals surface area contributed by atoms with Crippen LogP contribution in [0.1, 0.15) is 5.56 Å². The first-order valence-corrected chi connectivity index (χ1v) is 8.79. The first kappa shape index (κ1) is 20.7.